The highest BCUT2D eigenvalue weighted by Crippen LogP contribution is 2.69. The number of carboxylic acid groups (broad SMARTS) is 1. The van der Waals surface area contributed by atoms with Gasteiger partial charge in [0, 0.05) is 11.8 Å². The summed E-state index contributed by atoms with van der Waals surface area (Å²) in [6.07, 6.45) is 4.43. The standard InChI is InChI=1S/C30H52O9/c1-17(4-7-27(36)37)22-5-6-23-28-24(12-26(30(22,23)3)39-16-20(34)14-32)29(2)9-8-21(38-15-19(33)13-31)10-18(29)11-25(28)35/h17-26,28,31-35H,4-16H2,1-3H3,(H,36,37)/t17-,18+,19?,20?,21-,22-,23+,24+,25-,26+,28+,29+,30-/m1/s1. The van der Waals surface area contributed by atoms with Crippen LogP contribution in [0.15, 0.2) is 0 Å². The first-order chi connectivity index (χ1) is 18.4. The highest BCUT2D eigenvalue weighted by molar-refractivity contribution is 5.66. The number of carbonyl (C=O) groups is 1. The van der Waals surface area contributed by atoms with Gasteiger partial charge in [-0.25, -0.2) is 0 Å². The second kappa shape index (κ2) is 12.6. The van der Waals surface area contributed by atoms with Gasteiger partial charge in [0.15, 0.2) is 0 Å². The highest BCUT2D eigenvalue weighted by atomic mass is 16.5. The molecule has 4 aliphatic rings. The summed E-state index contributed by atoms with van der Waals surface area (Å²) in [5, 5.41) is 59.5. The van der Waals surface area contributed by atoms with Crippen LogP contribution in [0.25, 0.3) is 0 Å². The van der Waals surface area contributed by atoms with Gasteiger partial charge in [-0.15, -0.1) is 0 Å². The molecule has 9 nitrogen and oxygen atoms in total. The van der Waals surface area contributed by atoms with Crippen LogP contribution in [-0.4, -0.2) is 93.6 Å². The van der Waals surface area contributed by atoms with Crippen molar-refractivity contribution in [3.8, 4) is 0 Å². The highest BCUT2D eigenvalue weighted by Gasteiger charge is 2.66. The quantitative estimate of drug-likeness (QED) is 0.212. The minimum Gasteiger partial charge on any atom is -0.481 e. The molecule has 13 atom stereocenters. The zero-order valence-corrected chi connectivity index (χ0v) is 24.0. The van der Waals surface area contributed by atoms with Gasteiger partial charge in [-0.3, -0.25) is 4.79 Å². The number of rotatable bonds is 12. The molecule has 0 heterocycles. The number of hydrogen-bond donors (Lipinski definition) is 6. The van der Waals surface area contributed by atoms with Crippen LogP contribution in [0.2, 0.25) is 0 Å². The largest absolute Gasteiger partial charge is 0.481 e. The van der Waals surface area contributed by atoms with E-state index in [0.29, 0.717) is 6.42 Å². The number of fused-ring (bicyclic) bond motifs is 5. The molecule has 0 radical (unpaired) electrons. The van der Waals surface area contributed by atoms with Crippen molar-refractivity contribution in [3.63, 3.8) is 0 Å². The number of aliphatic hydroxyl groups is 5. The Hall–Kier alpha value is -0.810. The summed E-state index contributed by atoms with van der Waals surface area (Å²) in [5.41, 5.74) is -0.246. The van der Waals surface area contributed by atoms with Crippen molar-refractivity contribution in [2.24, 2.45) is 46.3 Å². The molecular formula is C30H52O9. The van der Waals surface area contributed by atoms with Crippen LogP contribution in [0.5, 0.6) is 0 Å². The lowest BCUT2D eigenvalue weighted by molar-refractivity contribution is -0.224. The summed E-state index contributed by atoms with van der Waals surface area (Å²) in [6, 6.07) is 0. The third-order valence-corrected chi connectivity index (χ3v) is 11.7. The first kappa shape index (κ1) is 31.1. The smallest absolute Gasteiger partial charge is 0.303 e. The Morgan fingerprint density at radius 3 is 2.26 bits per heavy atom. The summed E-state index contributed by atoms with van der Waals surface area (Å²) in [7, 11) is 0. The van der Waals surface area contributed by atoms with E-state index in [1.807, 2.05) is 0 Å². The van der Waals surface area contributed by atoms with Crippen molar-refractivity contribution in [1.82, 2.24) is 0 Å². The Morgan fingerprint density at radius 1 is 0.949 bits per heavy atom. The number of carboxylic acids is 1. The van der Waals surface area contributed by atoms with Crippen molar-refractivity contribution in [2.75, 3.05) is 26.4 Å². The lowest BCUT2D eigenvalue weighted by Gasteiger charge is -2.64. The van der Waals surface area contributed by atoms with Crippen molar-refractivity contribution >= 4 is 5.97 Å². The van der Waals surface area contributed by atoms with E-state index in [-0.39, 0.29) is 91.4 Å². The third kappa shape index (κ3) is 6.06. The van der Waals surface area contributed by atoms with Gasteiger partial charge in [0.1, 0.15) is 12.2 Å². The van der Waals surface area contributed by atoms with E-state index in [1.165, 1.54) is 0 Å². The minimum absolute atomic E-state index is 0.000393. The summed E-state index contributed by atoms with van der Waals surface area (Å²) >= 11 is 0. The molecule has 4 rings (SSSR count). The predicted octanol–water partition coefficient (Wildman–Crippen LogP) is 2.20. The zero-order valence-electron chi connectivity index (χ0n) is 24.0. The van der Waals surface area contributed by atoms with Crippen LogP contribution in [0, 0.1) is 46.3 Å². The molecule has 0 bridgehead atoms. The fourth-order valence-corrected chi connectivity index (χ4v) is 9.62. The van der Waals surface area contributed by atoms with Gasteiger partial charge in [-0.05, 0) is 92.3 Å². The lowest BCUT2D eigenvalue weighted by Crippen LogP contribution is -2.63. The Morgan fingerprint density at radius 2 is 1.62 bits per heavy atom. The summed E-state index contributed by atoms with van der Waals surface area (Å²) < 4.78 is 12.4. The maximum Gasteiger partial charge on any atom is 0.303 e. The lowest BCUT2D eigenvalue weighted by atomic mass is 9.43. The van der Waals surface area contributed by atoms with E-state index < -0.39 is 24.3 Å². The van der Waals surface area contributed by atoms with E-state index in [4.69, 9.17) is 14.6 Å². The summed E-state index contributed by atoms with van der Waals surface area (Å²) in [6.45, 7) is 6.28. The SMILES string of the molecule is C[C@H](CCC(=O)O)[C@H]1CC[C@H]2[C@@H]3[C@H](O)C[C@@H]4C[C@H](OCC(O)CO)CC[C@]4(C)[C@H]3C[C@H](OCC(O)CO)[C@]12C. The van der Waals surface area contributed by atoms with E-state index in [0.717, 1.165) is 44.9 Å². The number of ether oxygens (including phenoxy) is 2. The molecule has 6 N–H and O–H groups in total. The van der Waals surface area contributed by atoms with Gasteiger partial charge in [0.05, 0.1) is 44.7 Å². The molecule has 39 heavy (non-hydrogen) atoms. The molecular weight excluding hydrogens is 504 g/mol. The normalized spacial score (nSPS) is 44.1. The second-order valence-electron chi connectivity index (χ2n) is 13.7. The van der Waals surface area contributed by atoms with Crippen molar-refractivity contribution < 1.29 is 44.9 Å². The Labute approximate surface area is 232 Å². The van der Waals surface area contributed by atoms with E-state index in [2.05, 4.69) is 20.8 Å². The second-order valence-corrected chi connectivity index (χ2v) is 13.7. The molecule has 0 aromatic rings. The Balaban J connectivity index is 1.58. The molecule has 4 aliphatic carbocycles. The number of aliphatic hydroxyl groups excluding tert-OH is 5. The van der Waals surface area contributed by atoms with Crippen molar-refractivity contribution in [1.29, 1.82) is 0 Å². The minimum atomic E-state index is -0.948. The van der Waals surface area contributed by atoms with Crippen LogP contribution in [-0.2, 0) is 14.3 Å². The first-order valence-electron chi connectivity index (χ1n) is 15.2. The fraction of sp³-hybridized carbons (Fsp3) is 0.967. The van der Waals surface area contributed by atoms with Gasteiger partial charge in [0.2, 0.25) is 0 Å². The maximum atomic E-state index is 11.7. The average Bonchev–Trinajstić information content (AvgIpc) is 3.27. The third-order valence-electron chi connectivity index (χ3n) is 11.7. The maximum absolute atomic E-state index is 11.7. The van der Waals surface area contributed by atoms with Crippen LogP contribution in [0.3, 0.4) is 0 Å². The molecule has 0 aromatic heterocycles. The van der Waals surface area contributed by atoms with Crippen LogP contribution in [0.4, 0.5) is 0 Å². The van der Waals surface area contributed by atoms with Gasteiger partial charge < -0.3 is 40.1 Å². The van der Waals surface area contributed by atoms with Crippen molar-refractivity contribution in [3.05, 3.63) is 0 Å². The number of aliphatic carboxylic acids is 1. The molecule has 0 aliphatic heterocycles. The Kier molecular flexibility index (Phi) is 10.1. The predicted molar refractivity (Wildman–Crippen MR) is 144 cm³/mol. The van der Waals surface area contributed by atoms with Gasteiger partial charge >= 0.3 is 5.97 Å². The molecule has 4 saturated carbocycles. The van der Waals surface area contributed by atoms with Gasteiger partial charge in [-0.1, -0.05) is 20.8 Å². The monoisotopic (exact) mass is 556 g/mol. The fourth-order valence-electron chi connectivity index (χ4n) is 9.62. The molecule has 0 amide bonds. The number of hydrogen-bond acceptors (Lipinski definition) is 8. The van der Waals surface area contributed by atoms with E-state index >= 15 is 0 Å². The topological polar surface area (TPSA) is 157 Å². The summed E-state index contributed by atoms with van der Waals surface area (Å²) in [4.78, 5) is 11.3. The van der Waals surface area contributed by atoms with Gasteiger partial charge in [0.25, 0.3) is 0 Å². The zero-order chi connectivity index (χ0) is 28.5. The molecule has 0 spiro atoms. The molecule has 0 aromatic carbocycles. The van der Waals surface area contributed by atoms with Crippen LogP contribution < -0.4 is 0 Å². The van der Waals surface area contributed by atoms with Crippen LogP contribution in [0.1, 0.15) is 78.6 Å². The average molecular weight is 557 g/mol. The van der Waals surface area contributed by atoms with E-state index in [1.54, 1.807) is 0 Å². The molecule has 4 fully saturated rings. The summed E-state index contributed by atoms with van der Waals surface area (Å²) in [5.74, 6) is 0.592. The van der Waals surface area contributed by atoms with E-state index in [9.17, 15) is 30.3 Å². The molecule has 9 heteroatoms. The Bertz CT molecular complexity index is 824. The van der Waals surface area contributed by atoms with Crippen LogP contribution >= 0.6 is 0 Å². The first-order valence-corrected chi connectivity index (χ1v) is 15.2. The molecule has 0 saturated heterocycles. The molecule has 2 unspecified atom stereocenters. The van der Waals surface area contributed by atoms with Gasteiger partial charge in [-0.2, -0.15) is 0 Å². The molecule has 226 valence electrons. The van der Waals surface area contributed by atoms with Crippen molar-refractivity contribution in [2.45, 2.75) is 109 Å².